The van der Waals surface area contributed by atoms with Gasteiger partial charge in [0, 0.05) is 11.7 Å². The molecule has 0 atom stereocenters. The molecule has 0 aliphatic heterocycles. The van der Waals surface area contributed by atoms with Crippen LogP contribution in [0.2, 0.25) is 13.1 Å². The van der Waals surface area contributed by atoms with E-state index >= 15 is 0 Å². The Bertz CT molecular complexity index is 172. The van der Waals surface area contributed by atoms with Crippen molar-refractivity contribution in [2.24, 2.45) is 0 Å². The quantitative estimate of drug-likeness (QED) is 0.480. The molecule has 11 heavy (non-hydrogen) atoms. The molecule has 2 N–H and O–H groups in total. The van der Waals surface area contributed by atoms with Gasteiger partial charge in [0.2, 0.25) is 14.2 Å². The first-order valence-electron chi connectivity index (χ1n) is 3.49. The number of carbonyl (C=O) groups excluding carboxylic acids is 1. The Balaban J connectivity index is 3.73. The van der Waals surface area contributed by atoms with E-state index in [9.17, 15) is 9.59 Å². The minimum Gasteiger partial charge on any atom is -0.431 e. The van der Waals surface area contributed by atoms with Gasteiger partial charge >= 0.3 is 0 Å². The van der Waals surface area contributed by atoms with Crippen LogP contribution in [0.1, 0.15) is 6.92 Å². The molecule has 0 fully saturated rings. The molecule has 0 unspecified atom stereocenters. The Morgan fingerprint density at radius 1 is 1.64 bits per heavy atom. The van der Waals surface area contributed by atoms with E-state index in [0.29, 0.717) is 11.7 Å². The minimum absolute atomic E-state index is 0.181. The third-order valence-corrected chi connectivity index (χ3v) is 2.11. The fraction of sp³-hybridized carbons (Fsp3) is 0.571. The highest BCUT2D eigenvalue weighted by Gasteiger charge is 2.17. The van der Waals surface area contributed by atoms with Gasteiger partial charge in [-0.25, -0.2) is 0 Å². The van der Waals surface area contributed by atoms with Gasteiger partial charge in [0.1, 0.15) is 0 Å². The summed E-state index contributed by atoms with van der Waals surface area (Å²) in [6.07, 6.45) is 0.388. The Labute approximate surface area is 68.2 Å². The number of amides is 1. The summed E-state index contributed by atoms with van der Waals surface area (Å²) in [5.41, 5.74) is 0.475. The summed E-state index contributed by atoms with van der Waals surface area (Å²) in [6, 6.07) is 0. The molecule has 0 spiro atoms. The van der Waals surface area contributed by atoms with E-state index in [1.165, 1.54) is 0 Å². The molecule has 1 amide bonds. The van der Waals surface area contributed by atoms with Crippen LogP contribution in [-0.2, 0) is 4.79 Å². The second-order valence-corrected chi connectivity index (χ2v) is 7.25. The first kappa shape index (κ1) is 10.4. The lowest BCUT2D eigenvalue weighted by Crippen LogP contribution is -2.42. The van der Waals surface area contributed by atoms with Gasteiger partial charge in [-0.05, 0) is 20.0 Å². The zero-order valence-electron chi connectivity index (χ0n) is 7.27. The second kappa shape index (κ2) is 3.68. The van der Waals surface area contributed by atoms with Gasteiger partial charge in [-0.15, -0.1) is 0 Å². The number of nitrogens with one attached hydrogen (secondary N) is 1. The topological polar surface area (TPSA) is 49.3 Å². The van der Waals surface area contributed by atoms with Crippen LogP contribution in [0.4, 0.5) is 0 Å². The number of carbonyl (C=O) groups is 1. The van der Waals surface area contributed by atoms with E-state index in [1.54, 1.807) is 20.0 Å². The van der Waals surface area contributed by atoms with Gasteiger partial charge in [0.05, 0.1) is 0 Å². The SMILES string of the molecule is C=C(C)C(=O)NC[Si](C)(C)O. The molecule has 0 bridgehead atoms. The van der Waals surface area contributed by atoms with Gasteiger partial charge < -0.3 is 10.1 Å². The number of hydrogen-bond acceptors (Lipinski definition) is 2. The van der Waals surface area contributed by atoms with Gasteiger partial charge in [-0.1, -0.05) is 6.58 Å². The summed E-state index contributed by atoms with van der Waals surface area (Å²) >= 11 is 0. The number of hydrogen-bond donors (Lipinski definition) is 2. The molecule has 0 aromatic carbocycles. The summed E-state index contributed by atoms with van der Waals surface area (Å²) in [7, 11) is -2.14. The maximum atomic E-state index is 10.9. The van der Waals surface area contributed by atoms with Gasteiger partial charge in [-0.2, -0.15) is 0 Å². The molecule has 0 aromatic rings. The minimum atomic E-state index is -2.14. The Morgan fingerprint density at radius 3 is 2.36 bits per heavy atom. The van der Waals surface area contributed by atoms with E-state index in [4.69, 9.17) is 0 Å². The molecular weight excluding hydrogens is 158 g/mol. The molecule has 0 saturated heterocycles. The van der Waals surface area contributed by atoms with Crippen LogP contribution < -0.4 is 5.32 Å². The second-order valence-electron chi connectivity index (χ2n) is 3.28. The van der Waals surface area contributed by atoms with Crippen LogP contribution in [0.3, 0.4) is 0 Å². The van der Waals surface area contributed by atoms with Crippen molar-refractivity contribution < 1.29 is 9.59 Å². The maximum Gasteiger partial charge on any atom is 0.246 e. The molecule has 4 heteroatoms. The Hall–Kier alpha value is -0.613. The lowest BCUT2D eigenvalue weighted by atomic mass is 10.3. The monoisotopic (exact) mass is 173 g/mol. The molecule has 64 valence electrons. The lowest BCUT2D eigenvalue weighted by molar-refractivity contribution is -0.117. The zero-order valence-corrected chi connectivity index (χ0v) is 8.27. The normalized spacial score (nSPS) is 10.9. The lowest BCUT2D eigenvalue weighted by Gasteiger charge is -2.14. The molecule has 0 aromatic heterocycles. The molecular formula is C7H15NO2Si. The predicted octanol–water partition coefficient (Wildman–Crippen LogP) is 0.415. The van der Waals surface area contributed by atoms with Crippen molar-refractivity contribution in [1.82, 2.24) is 5.32 Å². The Kier molecular flexibility index (Phi) is 3.48. The van der Waals surface area contributed by atoms with Crippen molar-refractivity contribution in [2.75, 3.05) is 6.17 Å². The highest BCUT2D eigenvalue weighted by Crippen LogP contribution is 1.93. The van der Waals surface area contributed by atoms with E-state index in [2.05, 4.69) is 11.9 Å². The average Bonchev–Trinajstić information content (AvgIpc) is 1.80. The van der Waals surface area contributed by atoms with Crippen molar-refractivity contribution in [3.8, 4) is 0 Å². The summed E-state index contributed by atoms with van der Waals surface area (Å²) < 4.78 is 0. The third-order valence-electron chi connectivity index (χ3n) is 1.07. The molecule has 3 nitrogen and oxygen atoms in total. The van der Waals surface area contributed by atoms with Crippen molar-refractivity contribution in [1.29, 1.82) is 0 Å². The molecule has 0 aliphatic carbocycles. The molecule has 0 saturated carbocycles. The van der Waals surface area contributed by atoms with Crippen LogP contribution in [0.5, 0.6) is 0 Å². The van der Waals surface area contributed by atoms with Gasteiger partial charge in [-0.3, -0.25) is 4.79 Å². The van der Waals surface area contributed by atoms with Crippen molar-refractivity contribution in [2.45, 2.75) is 20.0 Å². The zero-order chi connectivity index (χ0) is 9.07. The fourth-order valence-corrected chi connectivity index (χ4v) is 1.04. The van der Waals surface area contributed by atoms with Crippen LogP contribution in [-0.4, -0.2) is 25.2 Å². The van der Waals surface area contributed by atoms with Crippen LogP contribution in [0.15, 0.2) is 12.2 Å². The molecule has 0 heterocycles. The highest BCUT2D eigenvalue weighted by molar-refractivity contribution is 6.70. The standard InChI is InChI=1S/C7H15NO2Si/c1-6(2)7(9)8-5-11(3,4)10/h10H,1,5H2,2-4H3,(H,8,9). The summed E-state index contributed by atoms with van der Waals surface area (Å²) in [5, 5.41) is 2.60. The maximum absolute atomic E-state index is 10.9. The van der Waals surface area contributed by atoms with Crippen molar-refractivity contribution >= 4 is 14.2 Å². The summed E-state index contributed by atoms with van der Waals surface area (Å²) in [5.74, 6) is -0.181. The largest absolute Gasteiger partial charge is 0.431 e. The summed E-state index contributed by atoms with van der Waals surface area (Å²) in [6.45, 7) is 8.66. The van der Waals surface area contributed by atoms with E-state index in [-0.39, 0.29) is 5.91 Å². The smallest absolute Gasteiger partial charge is 0.246 e. The van der Waals surface area contributed by atoms with E-state index in [1.807, 2.05) is 0 Å². The van der Waals surface area contributed by atoms with Crippen LogP contribution in [0, 0.1) is 0 Å². The molecule has 0 radical (unpaired) electrons. The van der Waals surface area contributed by atoms with E-state index in [0.717, 1.165) is 0 Å². The molecule has 0 aliphatic rings. The number of rotatable bonds is 3. The predicted molar refractivity (Wildman–Crippen MR) is 47.5 cm³/mol. The van der Waals surface area contributed by atoms with Crippen LogP contribution >= 0.6 is 0 Å². The van der Waals surface area contributed by atoms with Gasteiger partial charge in [0.15, 0.2) is 0 Å². The fourth-order valence-electron chi connectivity index (χ4n) is 0.447. The first-order chi connectivity index (χ1) is 4.83. The van der Waals surface area contributed by atoms with E-state index < -0.39 is 8.32 Å². The first-order valence-corrected chi connectivity index (χ1v) is 6.64. The van der Waals surface area contributed by atoms with Crippen molar-refractivity contribution in [3.63, 3.8) is 0 Å². The molecule has 0 rings (SSSR count). The van der Waals surface area contributed by atoms with Crippen molar-refractivity contribution in [3.05, 3.63) is 12.2 Å². The van der Waals surface area contributed by atoms with Crippen LogP contribution in [0.25, 0.3) is 0 Å². The summed E-state index contributed by atoms with van der Waals surface area (Å²) in [4.78, 5) is 20.2. The third kappa shape index (κ3) is 5.81. The average molecular weight is 173 g/mol. The van der Waals surface area contributed by atoms with Gasteiger partial charge in [0.25, 0.3) is 0 Å². The highest BCUT2D eigenvalue weighted by atomic mass is 28.4. The Morgan fingerprint density at radius 2 is 2.09 bits per heavy atom.